The van der Waals surface area contributed by atoms with Gasteiger partial charge in [0.15, 0.2) is 11.5 Å². The lowest BCUT2D eigenvalue weighted by Crippen LogP contribution is -2.22. The molecule has 3 aromatic carbocycles. The van der Waals surface area contributed by atoms with E-state index in [1.165, 1.54) is 12.1 Å². The van der Waals surface area contributed by atoms with Gasteiger partial charge in [0.1, 0.15) is 18.5 Å². The molecule has 0 aromatic heterocycles. The van der Waals surface area contributed by atoms with Gasteiger partial charge in [-0.1, -0.05) is 42.5 Å². The molecule has 1 aliphatic rings. The SMILES string of the molecule is COc1cc(OCc2ccccc2)c2c(c1OC)C(OC)CN=C2c1cccc([N+](=O)[O-])c1. The fraction of sp³-hybridized carbons (Fsp3) is 0.240. The molecule has 0 saturated carbocycles. The third kappa shape index (κ3) is 4.38. The molecule has 0 N–H and O–H groups in total. The normalized spacial score (nSPS) is 14.8. The van der Waals surface area contributed by atoms with E-state index in [4.69, 9.17) is 23.9 Å². The average Bonchev–Trinajstić information content (AvgIpc) is 2.86. The molecule has 1 heterocycles. The summed E-state index contributed by atoms with van der Waals surface area (Å²) in [6, 6.07) is 17.9. The third-order valence-electron chi connectivity index (χ3n) is 5.50. The Morgan fingerprint density at radius 1 is 1.00 bits per heavy atom. The van der Waals surface area contributed by atoms with Gasteiger partial charge in [-0.25, -0.2) is 0 Å². The first-order valence-electron chi connectivity index (χ1n) is 10.3. The van der Waals surface area contributed by atoms with Gasteiger partial charge in [-0.2, -0.15) is 0 Å². The standard InChI is InChI=1S/C25H24N2O6/c1-30-20-13-19(33-15-16-8-5-4-6-9-16)22-23(25(20)32-3)21(31-2)14-26-24(22)17-10-7-11-18(12-17)27(28)29/h4-13,21H,14-15H2,1-3H3. The smallest absolute Gasteiger partial charge is 0.270 e. The summed E-state index contributed by atoms with van der Waals surface area (Å²) in [5.41, 5.74) is 3.57. The summed E-state index contributed by atoms with van der Waals surface area (Å²) in [6.45, 7) is 0.645. The minimum absolute atomic E-state index is 0.0159. The number of fused-ring (bicyclic) bond motifs is 1. The number of nitro groups is 1. The van der Waals surface area contributed by atoms with Crippen molar-refractivity contribution in [1.29, 1.82) is 0 Å². The summed E-state index contributed by atoms with van der Waals surface area (Å²) >= 11 is 0. The van der Waals surface area contributed by atoms with Gasteiger partial charge in [0.25, 0.3) is 5.69 Å². The minimum atomic E-state index is -0.423. The molecule has 0 fully saturated rings. The molecular formula is C25H24N2O6. The van der Waals surface area contributed by atoms with Crippen LogP contribution in [0.1, 0.15) is 28.4 Å². The Bertz CT molecular complexity index is 1190. The number of nitrogens with zero attached hydrogens (tertiary/aromatic N) is 2. The molecule has 4 rings (SSSR count). The maximum atomic E-state index is 11.4. The van der Waals surface area contributed by atoms with Crippen LogP contribution in [-0.4, -0.2) is 38.5 Å². The molecule has 3 aromatic rings. The van der Waals surface area contributed by atoms with Crippen molar-refractivity contribution in [1.82, 2.24) is 0 Å². The largest absolute Gasteiger partial charge is 0.493 e. The topological polar surface area (TPSA) is 92.4 Å². The van der Waals surface area contributed by atoms with Crippen LogP contribution in [0.15, 0.2) is 65.7 Å². The summed E-state index contributed by atoms with van der Waals surface area (Å²) in [7, 11) is 4.73. The van der Waals surface area contributed by atoms with E-state index in [9.17, 15) is 10.1 Å². The van der Waals surface area contributed by atoms with Crippen molar-refractivity contribution in [3.63, 3.8) is 0 Å². The summed E-state index contributed by atoms with van der Waals surface area (Å²) in [5, 5.41) is 11.4. The van der Waals surface area contributed by atoms with Crippen molar-refractivity contribution in [3.8, 4) is 17.2 Å². The second-order valence-electron chi connectivity index (χ2n) is 7.39. The number of ether oxygens (including phenoxy) is 4. The average molecular weight is 448 g/mol. The fourth-order valence-corrected chi connectivity index (χ4v) is 3.94. The number of rotatable bonds is 8. The Morgan fingerprint density at radius 3 is 2.45 bits per heavy atom. The van der Waals surface area contributed by atoms with Crippen molar-refractivity contribution in [2.45, 2.75) is 12.7 Å². The first-order valence-corrected chi connectivity index (χ1v) is 10.3. The van der Waals surface area contributed by atoms with Crippen LogP contribution in [0.3, 0.4) is 0 Å². The van der Waals surface area contributed by atoms with Crippen LogP contribution >= 0.6 is 0 Å². The molecule has 0 saturated heterocycles. The molecule has 1 unspecified atom stereocenters. The first kappa shape index (κ1) is 22.3. The van der Waals surface area contributed by atoms with E-state index in [0.29, 0.717) is 47.2 Å². The van der Waals surface area contributed by atoms with Crippen LogP contribution in [0.25, 0.3) is 0 Å². The zero-order valence-electron chi connectivity index (χ0n) is 18.6. The lowest BCUT2D eigenvalue weighted by Gasteiger charge is -2.29. The Morgan fingerprint density at radius 2 is 1.79 bits per heavy atom. The van der Waals surface area contributed by atoms with Crippen LogP contribution < -0.4 is 14.2 Å². The van der Waals surface area contributed by atoms with Crippen LogP contribution in [0, 0.1) is 10.1 Å². The molecule has 0 radical (unpaired) electrons. The quantitative estimate of drug-likeness (QED) is 0.365. The van der Waals surface area contributed by atoms with Gasteiger partial charge < -0.3 is 18.9 Å². The number of benzene rings is 3. The number of nitro benzene ring substituents is 1. The highest BCUT2D eigenvalue weighted by atomic mass is 16.6. The maximum absolute atomic E-state index is 11.4. The highest BCUT2D eigenvalue weighted by Gasteiger charge is 2.33. The minimum Gasteiger partial charge on any atom is -0.493 e. The van der Waals surface area contributed by atoms with E-state index < -0.39 is 11.0 Å². The predicted octanol–water partition coefficient (Wildman–Crippen LogP) is 4.73. The Balaban J connectivity index is 1.90. The van der Waals surface area contributed by atoms with Crippen LogP contribution in [-0.2, 0) is 11.3 Å². The van der Waals surface area contributed by atoms with Gasteiger partial charge >= 0.3 is 0 Å². The first-order chi connectivity index (χ1) is 16.1. The van der Waals surface area contributed by atoms with Crippen LogP contribution in [0.5, 0.6) is 17.2 Å². The van der Waals surface area contributed by atoms with Crippen molar-refractivity contribution in [2.24, 2.45) is 4.99 Å². The fourth-order valence-electron chi connectivity index (χ4n) is 3.94. The lowest BCUT2D eigenvalue weighted by atomic mass is 9.89. The molecule has 170 valence electrons. The van der Waals surface area contributed by atoms with E-state index in [2.05, 4.69) is 0 Å². The van der Waals surface area contributed by atoms with Gasteiger partial charge in [0, 0.05) is 36.4 Å². The van der Waals surface area contributed by atoms with E-state index in [1.807, 2.05) is 30.3 Å². The number of aliphatic imine (C=N–C) groups is 1. The highest BCUT2D eigenvalue weighted by molar-refractivity contribution is 6.16. The number of methoxy groups -OCH3 is 3. The second-order valence-corrected chi connectivity index (χ2v) is 7.39. The zero-order chi connectivity index (χ0) is 23.4. The van der Waals surface area contributed by atoms with Gasteiger partial charge in [-0.15, -0.1) is 0 Å². The Hall–Kier alpha value is -3.91. The molecule has 0 amide bonds. The van der Waals surface area contributed by atoms with Crippen LogP contribution in [0.4, 0.5) is 5.69 Å². The van der Waals surface area contributed by atoms with Crippen molar-refractivity contribution in [3.05, 3.63) is 93.0 Å². The summed E-state index contributed by atoms with van der Waals surface area (Å²) in [6.07, 6.45) is -0.397. The zero-order valence-corrected chi connectivity index (χ0v) is 18.6. The van der Waals surface area contributed by atoms with Crippen molar-refractivity contribution < 1.29 is 23.9 Å². The second kappa shape index (κ2) is 9.70. The van der Waals surface area contributed by atoms with E-state index in [-0.39, 0.29) is 5.69 Å². The number of non-ortho nitro benzene ring substituents is 1. The molecular weight excluding hydrogens is 424 g/mol. The summed E-state index contributed by atoms with van der Waals surface area (Å²) < 4.78 is 23.3. The lowest BCUT2D eigenvalue weighted by molar-refractivity contribution is -0.384. The molecule has 8 heteroatoms. The van der Waals surface area contributed by atoms with Gasteiger partial charge in [-0.3, -0.25) is 15.1 Å². The van der Waals surface area contributed by atoms with E-state index in [1.54, 1.807) is 39.5 Å². The highest BCUT2D eigenvalue weighted by Crippen LogP contribution is 2.46. The molecule has 0 spiro atoms. The molecule has 0 bridgehead atoms. The van der Waals surface area contributed by atoms with Gasteiger partial charge in [-0.05, 0) is 5.56 Å². The summed E-state index contributed by atoms with van der Waals surface area (Å²) in [5.74, 6) is 1.55. The molecule has 8 nitrogen and oxygen atoms in total. The van der Waals surface area contributed by atoms with Gasteiger partial charge in [0.05, 0.1) is 37.0 Å². The Kier molecular flexibility index (Phi) is 6.55. The van der Waals surface area contributed by atoms with Crippen molar-refractivity contribution >= 4 is 11.4 Å². The maximum Gasteiger partial charge on any atom is 0.270 e. The third-order valence-corrected chi connectivity index (χ3v) is 5.50. The number of hydrogen-bond acceptors (Lipinski definition) is 7. The van der Waals surface area contributed by atoms with E-state index in [0.717, 1.165) is 11.1 Å². The monoisotopic (exact) mass is 448 g/mol. The number of hydrogen-bond donors (Lipinski definition) is 0. The summed E-state index contributed by atoms with van der Waals surface area (Å²) in [4.78, 5) is 15.7. The van der Waals surface area contributed by atoms with E-state index >= 15 is 0 Å². The Labute approximate surface area is 191 Å². The van der Waals surface area contributed by atoms with Gasteiger partial charge in [0.2, 0.25) is 0 Å². The molecule has 33 heavy (non-hydrogen) atoms. The van der Waals surface area contributed by atoms with Crippen LogP contribution in [0.2, 0.25) is 0 Å². The van der Waals surface area contributed by atoms with Crippen molar-refractivity contribution in [2.75, 3.05) is 27.9 Å². The molecule has 1 atom stereocenters. The molecule has 0 aliphatic carbocycles. The predicted molar refractivity (Wildman–Crippen MR) is 124 cm³/mol. The molecule has 1 aliphatic heterocycles.